The van der Waals surface area contributed by atoms with Crippen LogP contribution < -0.4 is 11.1 Å². The molecule has 1 heterocycles. The van der Waals surface area contributed by atoms with Crippen molar-refractivity contribution >= 4 is 5.91 Å². The lowest BCUT2D eigenvalue weighted by molar-refractivity contribution is -0.121. The monoisotopic (exact) mass is 392 g/mol. The predicted molar refractivity (Wildman–Crippen MR) is 111 cm³/mol. The lowest BCUT2D eigenvalue weighted by atomic mass is 10.0. The predicted octanol–water partition coefficient (Wildman–Crippen LogP) is 3.46. The molecule has 5 nitrogen and oxygen atoms in total. The summed E-state index contributed by atoms with van der Waals surface area (Å²) < 4.78 is 15.1. The maximum Gasteiger partial charge on any atom is 0.224 e. The Morgan fingerprint density at radius 1 is 1.14 bits per heavy atom. The van der Waals surface area contributed by atoms with E-state index in [0.29, 0.717) is 18.2 Å². The third-order valence-electron chi connectivity index (χ3n) is 5.59. The molecule has 3 aromatic rings. The van der Waals surface area contributed by atoms with Crippen LogP contribution in [-0.2, 0) is 11.2 Å². The molecule has 0 spiro atoms. The molecule has 1 fully saturated rings. The van der Waals surface area contributed by atoms with Crippen LogP contribution in [0.25, 0.3) is 16.9 Å². The van der Waals surface area contributed by atoms with Crippen molar-refractivity contribution in [2.24, 2.45) is 11.7 Å². The third-order valence-corrected chi connectivity index (χ3v) is 5.59. The fraction of sp³-hybridized carbons (Fsp3) is 0.304. The number of nitrogens with zero attached hydrogens (tertiary/aromatic N) is 2. The molecule has 2 atom stereocenters. The van der Waals surface area contributed by atoms with Crippen LogP contribution in [0.15, 0.2) is 60.8 Å². The molecule has 150 valence electrons. The molecule has 6 heteroatoms. The van der Waals surface area contributed by atoms with Gasteiger partial charge in [-0.25, -0.2) is 9.07 Å². The van der Waals surface area contributed by atoms with Crippen LogP contribution in [0.1, 0.15) is 24.8 Å². The number of benzene rings is 2. The number of amides is 1. The first-order valence-corrected chi connectivity index (χ1v) is 10.0. The second-order valence-corrected chi connectivity index (χ2v) is 7.57. The average Bonchev–Trinajstić information content (AvgIpc) is 3.36. The molecule has 4 rings (SSSR count). The summed E-state index contributed by atoms with van der Waals surface area (Å²) in [5, 5.41) is 7.84. The highest BCUT2D eigenvalue weighted by Crippen LogP contribution is 2.26. The van der Waals surface area contributed by atoms with E-state index in [4.69, 9.17) is 10.8 Å². The molecular formula is C23H25FN4O. The van der Waals surface area contributed by atoms with Gasteiger partial charge in [0.15, 0.2) is 0 Å². The Labute approximate surface area is 169 Å². The highest BCUT2D eigenvalue weighted by molar-refractivity contribution is 5.81. The molecule has 1 saturated carbocycles. The molecule has 3 N–H and O–H groups in total. The fourth-order valence-corrected chi connectivity index (χ4v) is 4.04. The summed E-state index contributed by atoms with van der Waals surface area (Å²) in [5.74, 6) is 0.0125. The number of hydrogen-bond acceptors (Lipinski definition) is 3. The van der Waals surface area contributed by atoms with E-state index >= 15 is 0 Å². The van der Waals surface area contributed by atoms with E-state index in [0.717, 1.165) is 36.1 Å². The number of rotatable bonds is 6. The van der Waals surface area contributed by atoms with Gasteiger partial charge in [-0.3, -0.25) is 4.79 Å². The van der Waals surface area contributed by atoms with E-state index in [1.54, 1.807) is 16.8 Å². The summed E-state index contributed by atoms with van der Waals surface area (Å²) in [6, 6.07) is 16.1. The molecule has 1 amide bonds. The highest BCUT2D eigenvalue weighted by Gasteiger charge is 2.27. The number of hydrogen-bond donors (Lipinski definition) is 2. The van der Waals surface area contributed by atoms with E-state index in [-0.39, 0.29) is 24.2 Å². The van der Waals surface area contributed by atoms with Crippen molar-refractivity contribution in [2.45, 2.75) is 31.7 Å². The Hall–Kier alpha value is -2.99. The number of para-hydroxylation sites is 1. The Kier molecular flexibility index (Phi) is 5.71. The molecule has 29 heavy (non-hydrogen) atoms. The molecule has 1 aromatic heterocycles. The average molecular weight is 392 g/mol. The number of halogens is 1. The van der Waals surface area contributed by atoms with Gasteiger partial charge in [0, 0.05) is 23.4 Å². The molecule has 0 saturated heterocycles. The zero-order valence-corrected chi connectivity index (χ0v) is 16.2. The first-order chi connectivity index (χ1) is 14.1. The SMILES string of the molecule is NCC1CCCC1NC(=O)Cc1cn(-c2ccccc2)nc1-c1ccc(F)cc1. The summed E-state index contributed by atoms with van der Waals surface area (Å²) in [5.41, 5.74) is 9.02. The van der Waals surface area contributed by atoms with Crippen LogP contribution >= 0.6 is 0 Å². The van der Waals surface area contributed by atoms with Crippen molar-refractivity contribution in [2.75, 3.05) is 6.54 Å². The van der Waals surface area contributed by atoms with Gasteiger partial charge in [0.05, 0.1) is 17.8 Å². The Balaban J connectivity index is 1.61. The fourth-order valence-electron chi connectivity index (χ4n) is 4.04. The number of nitrogens with one attached hydrogen (secondary N) is 1. The zero-order valence-electron chi connectivity index (χ0n) is 16.2. The van der Waals surface area contributed by atoms with Crippen LogP contribution in [0.4, 0.5) is 4.39 Å². The van der Waals surface area contributed by atoms with Crippen LogP contribution in [0, 0.1) is 11.7 Å². The van der Waals surface area contributed by atoms with Crippen molar-refractivity contribution in [3.63, 3.8) is 0 Å². The quantitative estimate of drug-likeness (QED) is 0.675. The molecule has 0 bridgehead atoms. The number of aromatic nitrogens is 2. The van der Waals surface area contributed by atoms with Crippen LogP contribution in [-0.4, -0.2) is 28.3 Å². The van der Waals surface area contributed by atoms with Gasteiger partial charge in [0.25, 0.3) is 0 Å². The lowest BCUT2D eigenvalue weighted by Gasteiger charge is -2.19. The third kappa shape index (κ3) is 4.38. The summed E-state index contributed by atoms with van der Waals surface area (Å²) in [6.45, 7) is 0.595. The smallest absolute Gasteiger partial charge is 0.224 e. The van der Waals surface area contributed by atoms with Crippen LogP contribution in [0.5, 0.6) is 0 Å². The van der Waals surface area contributed by atoms with E-state index in [9.17, 15) is 9.18 Å². The molecule has 2 aromatic carbocycles. The normalized spacial score (nSPS) is 18.7. The van der Waals surface area contributed by atoms with Crippen molar-refractivity contribution in [3.05, 3.63) is 72.2 Å². The topological polar surface area (TPSA) is 72.9 Å². The van der Waals surface area contributed by atoms with Gasteiger partial charge in [-0.05, 0) is 61.7 Å². The van der Waals surface area contributed by atoms with Crippen molar-refractivity contribution in [1.82, 2.24) is 15.1 Å². The molecule has 1 aliphatic carbocycles. The van der Waals surface area contributed by atoms with E-state index in [1.807, 2.05) is 36.5 Å². The first-order valence-electron chi connectivity index (χ1n) is 10.0. The minimum atomic E-state index is -0.301. The molecule has 2 unspecified atom stereocenters. The van der Waals surface area contributed by atoms with Gasteiger partial charge >= 0.3 is 0 Å². The standard InChI is InChI=1S/C23H25FN4O/c24-19-11-9-16(10-12-19)23-18(15-28(27-23)20-6-2-1-3-7-20)13-22(29)26-21-8-4-5-17(21)14-25/h1-3,6-7,9-12,15,17,21H,4-5,8,13-14,25H2,(H,26,29). The zero-order chi connectivity index (χ0) is 20.2. The minimum Gasteiger partial charge on any atom is -0.353 e. The number of nitrogens with two attached hydrogens (primary N) is 1. The Morgan fingerprint density at radius 3 is 2.62 bits per heavy atom. The van der Waals surface area contributed by atoms with Gasteiger partial charge in [-0.2, -0.15) is 5.10 Å². The second-order valence-electron chi connectivity index (χ2n) is 7.57. The van der Waals surface area contributed by atoms with Crippen molar-refractivity contribution in [3.8, 4) is 16.9 Å². The molecule has 0 aliphatic heterocycles. The van der Waals surface area contributed by atoms with Gasteiger partial charge in [-0.15, -0.1) is 0 Å². The highest BCUT2D eigenvalue weighted by atomic mass is 19.1. The summed E-state index contributed by atoms with van der Waals surface area (Å²) >= 11 is 0. The summed E-state index contributed by atoms with van der Waals surface area (Å²) in [4.78, 5) is 12.8. The van der Waals surface area contributed by atoms with Gasteiger partial charge in [-0.1, -0.05) is 24.6 Å². The Bertz CT molecular complexity index is 968. The van der Waals surface area contributed by atoms with Crippen molar-refractivity contribution < 1.29 is 9.18 Å². The molecule has 1 aliphatic rings. The maximum atomic E-state index is 13.4. The molecule has 0 radical (unpaired) electrons. The summed E-state index contributed by atoms with van der Waals surface area (Å²) in [7, 11) is 0. The van der Waals surface area contributed by atoms with Crippen LogP contribution in [0.3, 0.4) is 0 Å². The summed E-state index contributed by atoms with van der Waals surface area (Å²) in [6.07, 6.45) is 5.23. The minimum absolute atomic E-state index is 0.0358. The van der Waals surface area contributed by atoms with Gasteiger partial charge in [0.1, 0.15) is 5.82 Å². The largest absolute Gasteiger partial charge is 0.353 e. The second kappa shape index (κ2) is 8.57. The van der Waals surface area contributed by atoms with E-state index in [2.05, 4.69) is 5.32 Å². The van der Waals surface area contributed by atoms with Gasteiger partial charge in [0.2, 0.25) is 5.91 Å². The maximum absolute atomic E-state index is 13.4. The van der Waals surface area contributed by atoms with Gasteiger partial charge < -0.3 is 11.1 Å². The van der Waals surface area contributed by atoms with E-state index < -0.39 is 0 Å². The number of carbonyl (C=O) groups excluding carboxylic acids is 1. The Morgan fingerprint density at radius 2 is 1.90 bits per heavy atom. The molecular weight excluding hydrogens is 367 g/mol. The van der Waals surface area contributed by atoms with E-state index in [1.165, 1.54) is 12.1 Å². The van der Waals surface area contributed by atoms with Crippen LogP contribution in [0.2, 0.25) is 0 Å². The number of carbonyl (C=O) groups is 1. The first kappa shape index (κ1) is 19.3. The van der Waals surface area contributed by atoms with Crippen molar-refractivity contribution in [1.29, 1.82) is 0 Å². The lowest BCUT2D eigenvalue weighted by Crippen LogP contribution is -2.40.